The molecule has 0 radical (unpaired) electrons. The minimum Gasteiger partial charge on any atom is -0.278 e. The fourth-order valence-electron chi connectivity index (χ4n) is 10.0. The Morgan fingerprint density at radius 2 is 1.52 bits per heavy atom. The van der Waals surface area contributed by atoms with Crippen LogP contribution in [0.3, 0.4) is 0 Å². The van der Waals surface area contributed by atoms with Gasteiger partial charge >= 0.3 is 0 Å². The van der Waals surface area contributed by atoms with Crippen molar-refractivity contribution in [3.05, 3.63) is 201 Å². The van der Waals surface area contributed by atoms with Crippen LogP contribution in [0.4, 0.5) is 0 Å². The summed E-state index contributed by atoms with van der Waals surface area (Å²) in [5, 5.41) is 3.66. The van der Waals surface area contributed by atoms with E-state index in [1.807, 2.05) is 11.3 Å². The molecular formula is C52H37N3S. The molecule has 0 N–H and O–H groups in total. The van der Waals surface area contributed by atoms with Crippen molar-refractivity contribution in [2.24, 2.45) is 11.8 Å². The number of fused-ring (bicyclic) bond motifs is 10. The van der Waals surface area contributed by atoms with Gasteiger partial charge in [-0.2, -0.15) is 0 Å². The Balaban J connectivity index is 1.17. The predicted molar refractivity (Wildman–Crippen MR) is 232 cm³/mol. The number of allylic oxidation sites excluding steroid dienone is 5. The van der Waals surface area contributed by atoms with E-state index in [4.69, 9.17) is 9.97 Å². The molecule has 12 rings (SSSR count). The average molecular weight is 736 g/mol. The summed E-state index contributed by atoms with van der Waals surface area (Å²) >= 11 is 1.84. The monoisotopic (exact) mass is 735 g/mol. The van der Waals surface area contributed by atoms with Crippen LogP contribution in [0.5, 0.6) is 0 Å². The number of hydrogen-bond donors (Lipinski definition) is 0. The normalized spacial score (nSPS) is 18.3. The van der Waals surface area contributed by atoms with Gasteiger partial charge in [0.05, 0.1) is 32.2 Å². The highest BCUT2D eigenvalue weighted by molar-refractivity contribution is 7.20. The van der Waals surface area contributed by atoms with Gasteiger partial charge in [-0.1, -0.05) is 153 Å². The highest BCUT2D eigenvalue weighted by Gasteiger charge is 2.46. The summed E-state index contributed by atoms with van der Waals surface area (Å²) in [6.07, 6.45) is 18.2. The Labute approximate surface area is 329 Å². The topological polar surface area (TPSA) is 30.7 Å². The van der Waals surface area contributed by atoms with Crippen LogP contribution in [0.1, 0.15) is 46.0 Å². The number of aromatic nitrogens is 3. The van der Waals surface area contributed by atoms with E-state index in [0.717, 1.165) is 45.8 Å². The van der Waals surface area contributed by atoms with Crippen LogP contribution in [-0.4, -0.2) is 14.5 Å². The minimum absolute atomic E-state index is 0.334. The average Bonchev–Trinajstić information content (AvgIpc) is 3.88. The fraction of sp³-hybridized carbons (Fsp3) is 0.115. The van der Waals surface area contributed by atoms with Gasteiger partial charge in [-0.3, -0.25) is 4.57 Å². The molecule has 0 fully saturated rings. The van der Waals surface area contributed by atoms with E-state index in [9.17, 15) is 0 Å². The summed E-state index contributed by atoms with van der Waals surface area (Å²) < 4.78 is 3.49. The van der Waals surface area contributed by atoms with Crippen LogP contribution in [0.2, 0.25) is 0 Å². The van der Waals surface area contributed by atoms with Crippen molar-refractivity contribution < 1.29 is 0 Å². The third-order valence-electron chi connectivity index (χ3n) is 12.5. The molecule has 0 spiro atoms. The number of nitrogens with zero attached hydrogens (tertiary/aromatic N) is 3. The Bertz CT molecular complexity index is 3120. The highest BCUT2D eigenvalue weighted by atomic mass is 32.1. The van der Waals surface area contributed by atoms with Gasteiger partial charge in [-0.15, -0.1) is 11.3 Å². The lowest BCUT2D eigenvalue weighted by Crippen LogP contribution is -2.34. The predicted octanol–water partition coefficient (Wildman–Crippen LogP) is 10.9. The number of rotatable bonds is 4. The molecule has 3 heterocycles. The number of hydrogen-bond acceptors (Lipinski definition) is 3. The Hall–Kier alpha value is -6.36. The molecule has 5 aromatic carbocycles. The molecule has 56 heavy (non-hydrogen) atoms. The van der Waals surface area contributed by atoms with E-state index in [2.05, 4.69) is 181 Å². The van der Waals surface area contributed by atoms with Crippen LogP contribution in [-0.2, 0) is 11.8 Å². The lowest BCUT2D eigenvalue weighted by Gasteiger charge is -2.34. The van der Waals surface area contributed by atoms with Crippen LogP contribution >= 0.6 is 11.3 Å². The van der Waals surface area contributed by atoms with Gasteiger partial charge in [-0.25, -0.2) is 9.97 Å². The fourth-order valence-corrected chi connectivity index (χ4v) is 11.2. The molecular weight excluding hydrogens is 699 g/mol. The molecule has 266 valence electrons. The summed E-state index contributed by atoms with van der Waals surface area (Å²) in [5.74, 6) is 1.52. The second-order valence-corrected chi connectivity index (χ2v) is 16.8. The van der Waals surface area contributed by atoms with E-state index in [1.165, 1.54) is 65.3 Å². The number of benzene rings is 5. The lowest BCUT2D eigenvalue weighted by atomic mass is 9.67. The zero-order valence-corrected chi connectivity index (χ0v) is 31.8. The molecule has 0 amide bonds. The maximum absolute atomic E-state index is 5.68. The van der Waals surface area contributed by atoms with E-state index in [1.54, 1.807) is 0 Å². The third kappa shape index (κ3) is 4.45. The molecule has 8 aromatic rings. The van der Waals surface area contributed by atoms with E-state index >= 15 is 0 Å². The SMILES string of the molecule is CC1C=Cc2sc3c(-c4ccc5c(c4)C(c4ccccc4)(c4ccccc4)c4ccccc4-5)nc(-n4c5c(c6ccccc64)=CC4=CC=CC[C@H]4C=5)nc3c2C1. The van der Waals surface area contributed by atoms with Crippen molar-refractivity contribution in [2.75, 3.05) is 0 Å². The van der Waals surface area contributed by atoms with E-state index in [-0.39, 0.29) is 0 Å². The lowest BCUT2D eigenvalue weighted by molar-refractivity contribution is 0.722. The largest absolute Gasteiger partial charge is 0.278 e. The van der Waals surface area contributed by atoms with Crippen LogP contribution in [0.25, 0.3) is 67.7 Å². The molecule has 1 unspecified atom stereocenters. The molecule has 0 bridgehead atoms. The standard InChI is InChI=1S/C52H37N3S/c1-32-24-27-47-42(28-32)49-50(56-47)48(53-51(54-49)55-45-23-13-11-21-40(45)41-29-33-14-8-9-15-34(33)31-46(41)55)35-25-26-39-38-20-10-12-22-43(38)52(44(39)30-35,36-16-4-2-5-17-36)37-18-6-3-7-19-37/h2-14,16-27,29-32,34H,15,28H2,1H3/t32?,34-/m0/s1. The molecule has 4 heteroatoms. The van der Waals surface area contributed by atoms with Gasteiger partial charge in [0.1, 0.15) is 0 Å². The van der Waals surface area contributed by atoms with E-state index in [0.29, 0.717) is 11.8 Å². The van der Waals surface area contributed by atoms with Gasteiger partial charge in [0.15, 0.2) is 0 Å². The first-order chi connectivity index (χ1) is 27.7. The van der Waals surface area contributed by atoms with Gasteiger partial charge in [0, 0.05) is 27.0 Å². The molecule has 4 aliphatic rings. The zero-order valence-electron chi connectivity index (χ0n) is 31.0. The van der Waals surface area contributed by atoms with Crippen LogP contribution < -0.4 is 10.6 Å². The quantitative estimate of drug-likeness (QED) is 0.180. The first-order valence-electron chi connectivity index (χ1n) is 19.7. The smallest absolute Gasteiger partial charge is 0.235 e. The van der Waals surface area contributed by atoms with Gasteiger partial charge in [0.25, 0.3) is 0 Å². The van der Waals surface area contributed by atoms with Gasteiger partial charge in [-0.05, 0) is 87.6 Å². The number of para-hydroxylation sites is 1. The van der Waals surface area contributed by atoms with Crippen molar-refractivity contribution >= 4 is 50.7 Å². The maximum atomic E-state index is 5.68. The summed E-state index contributed by atoms with van der Waals surface area (Å²) in [5.41, 5.74) is 14.2. The molecule has 0 saturated heterocycles. The Kier molecular flexibility index (Phi) is 6.88. The third-order valence-corrected chi connectivity index (χ3v) is 13.7. The van der Waals surface area contributed by atoms with Crippen LogP contribution in [0.15, 0.2) is 157 Å². The minimum atomic E-state index is -0.494. The highest BCUT2D eigenvalue weighted by Crippen LogP contribution is 2.57. The second kappa shape index (κ2) is 12.1. The first kappa shape index (κ1) is 31.9. The van der Waals surface area contributed by atoms with Crippen molar-refractivity contribution in [3.8, 4) is 28.3 Å². The molecule has 4 aliphatic carbocycles. The van der Waals surface area contributed by atoms with Crippen molar-refractivity contribution in [2.45, 2.75) is 25.2 Å². The maximum Gasteiger partial charge on any atom is 0.235 e. The molecule has 3 nitrogen and oxygen atoms in total. The second-order valence-electron chi connectivity index (χ2n) is 15.7. The van der Waals surface area contributed by atoms with Crippen LogP contribution in [0, 0.1) is 11.8 Å². The Morgan fingerprint density at radius 1 is 0.768 bits per heavy atom. The van der Waals surface area contributed by atoms with Crippen molar-refractivity contribution in [1.29, 1.82) is 0 Å². The zero-order chi connectivity index (χ0) is 37.0. The van der Waals surface area contributed by atoms with Gasteiger partial charge in [0.2, 0.25) is 5.95 Å². The van der Waals surface area contributed by atoms with E-state index < -0.39 is 5.41 Å². The van der Waals surface area contributed by atoms with Crippen molar-refractivity contribution in [3.63, 3.8) is 0 Å². The molecule has 0 saturated carbocycles. The van der Waals surface area contributed by atoms with Crippen molar-refractivity contribution in [1.82, 2.24) is 14.5 Å². The summed E-state index contributed by atoms with van der Waals surface area (Å²) in [6.45, 7) is 2.31. The Morgan fingerprint density at radius 3 is 2.36 bits per heavy atom. The summed E-state index contributed by atoms with van der Waals surface area (Å²) in [4.78, 5) is 12.5. The van der Waals surface area contributed by atoms with Gasteiger partial charge < -0.3 is 0 Å². The molecule has 0 aliphatic heterocycles. The molecule has 2 atom stereocenters. The number of thiophene rings is 1. The first-order valence-corrected chi connectivity index (χ1v) is 20.6. The summed E-state index contributed by atoms with van der Waals surface area (Å²) in [6, 6.07) is 47.0. The summed E-state index contributed by atoms with van der Waals surface area (Å²) in [7, 11) is 0. The molecule has 3 aromatic heterocycles.